The molecule has 1 unspecified atom stereocenters. The van der Waals surface area contributed by atoms with Crippen molar-refractivity contribution in [3.05, 3.63) is 62.0 Å². The Hall–Kier alpha value is -0.740. The molecule has 0 fully saturated rings. The highest BCUT2D eigenvalue weighted by Gasteiger charge is 2.17. The smallest absolute Gasteiger partial charge is 0.125 e. The SMILES string of the molecule is CNC(Cc1ccc(Br)cc1Cl)c1ccc(Cl)cc1OC. The first-order valence-electron chi connectivity index (χ1n) is 6.49. The summed E-state index contributed by atoms with van der Waals surface area (Å²) in [6.07, 6.45) is 0.764. The highest BCUT2D eigenvalue weighted by Crippen LogP contribution is 2.32. The van der Waals surface area contributed by atoms with Crippen molar-refractivity contribution in [3.8, 4) is 5.75 Å². The summed E-state index contributed by atoms with van der Waals surface area (Å²) >= 11 is 15.7. The van der Waals surface area contributed by atoms with E-state index in [-0.39, 0.29) is 6.04 Å². The molecule has 0 heterocycles. The zero-order chi connectivity index (χ0) is 15.4. The van der Waals surface area contributed by atoms with E-state index < -0.39 is 0 Å². The van der Waals surface area contributed by atoms with Crippen molar-refractivity contribution in [2.45, 2.75) is 12.5 Å². The minimum Gasteiger partial charge on any atom is -0.496 e. The highest BCUT2D eigenvalue weighted by molar-refractivity contribution is 9.10. The van der Waals surface area contributed by atoms with E-state index in [0.717, 1.165) is 32.8 Å². The molecule has 2 aromatic rings. The Labute approximate surface area is 143 Å². The van der Waals surface area contributed by atoms with Crippen LogP contribution in [-0.4, -0.2) is 14.2 Å². The summed E-state index contributed by atoms with van der Waals surface area (Å²) < 4.78 is 6.40. The van der Waals surface area contributed by atoms with Crippen LogP contribution in [0.2, 0.25) is 10.0 Å². The average Bonchev–Trinajstić information content (AvgIpc) is 2.47. The normalized spacial score (nSPS) is 12.2. The zero-order valence-corrected chi connectivity index (χ0v) is 14.9. The summed E-state index contributed by atoms with van der Waals surface area (Å²) in [5.41, 5.74) is 2.14. The first-order valence-corrected chi connectivity index (χ1v) is 8.04. The van der Waals surface area contributed by atoms with Gasteiger partial charge in [0.1, 0.15) is 5.75 Å². The third-order valence-electron chi connectivity index (χ3n) is 3.36. The van der Waals surface area contributed by atoms with Crippen molar-refractivity contribution in [2.75, 3.05) is 14.2 Å². The molecule has 0 aliphatic heterocycles. The van der Waals surface area contributed by atoms with E-state index in [9.17, 15) is 0 Å². The molecule has 0 spiro atoms. The summed E-state index contributed by atoms with van der Waals surface area (Å²) in [6.45, 7) is 0. The Morgan fingerprint density at radius 2 is 1.95 bits per heavy atom. The molecule has 2 aromatic carbocycles. The van der Waals surface area contributed by atoms with E-state index in [0.29, 0.717) is 5.02 Å². The molecule has 21 heavy (non-hydrogen) atoms. The fourth-order valence-electron chi connectivity index (χ4n) is 2.25. The molecular weight excluding hydrogens is 373 g/mol. The molecule has 0 aromatic heterocycles. The van der Waals surface area contributed by atoms with Crippen LogP contribution in [0.1, 0.15) is 17.2 Å². The fourth-order valence-corrected chi connectivity index (χ4v) is 3.16. The van der Waals surface area contributed by atoms with Crippen LogP contribution < -0.4 is 10.1 Å². The van der Waals surface area contributed by atoms with E-state index in [2.05, 4.69) is 21.2 Å². The molecule has 5 heteroatoms. The van der Waals surface area contributed by atoms with E-state index in [1.807, 2.05) is 43.4 Å². The van der Waals surface area contributed by atoms with Crippen molar-refractivity contribution in [2.24, 2.45) is 0 Å². The predicted molar refractivity (Wildman–Crippen MR) is 92.7 cm³/mol. The summed E-state index contributed by atoms with van der Waals surface area (Å²) in [5, 5.41) is 4.72. The molecule has 0 saturated carbocycles. The van der Waals surface area contributed by atoms with Crippen LogP contribution in [0.15, 0.2) is 40.9 Å². The molecule has 0 amide bonds. The zero-order valence-electron chi connectivity index (χ0n) is 11.8. The summed E-state index contributed by atoms with van der Waals surface area (Å²) in [4.78, 5) is 0. The van der Waals surface area contributed by atoms with Gasteiger partial charge in [-0.25, -0.2) is 0 Å². The Balaban J connectivity index is 2.32. The second-order valence-electron chi connectivity index (χ2n) is 4.67. The van der Waals surface area contributed by atoms with Gasteiger partial charge in [-0.15, -0.1) is 0 Å². The third-order valence-corrected chi connectivity index (χ3v) is 4.44. The predicted octanol–water partition coefficient (Wildman–Crippen LogP) is 5.27. The van der Waals surface area contributed by atoms with Crippen molar-refractivity contribution >= 4 is 39.1 Å². The number of nitrogens with one attached hydrogen (secondary N) is 1. The van der Waals surface area contributed by atoms with Gasteiger partial charge in [0.15, 0.2) is 0 Å². The van der Waals surface area contributed by atoms with Gasteiger partial charge in [0, 0.05) is 26.1 Å². The molecule has 1 N–H and O–H groups in total. The van der Waals surface area contributed by atoms with Crippen molar-refractivity contribution in [1.82, 2.24) is 5.32 Å². The molecule has 0 radical (unpaired) electrons. The number of likely N-dealkylation sites (N-methyl/N-ethyl adjacent to an activating group) is 1. The van der Waals surface area contributed by atoms with E-state index >= 15 is 0 Å². The first kappa shape index (κ1) is 16.6. The quantitative estimate of drug-likeness (QED) is 0.753. The number of methoxy groups -OCH3 is 1. The van der Waals surface area contributed by atoms with Crippen LogP contribution in [0, 0.1) is 0 Å². The molecule has 0 aliphatic carbocycles. The van der Waals surface area contributed by atoms with Gasteiger partial charge in [0.25, 0.3) is 0 Å². The number of hydrogen-bond donors (Lipinski definition) is 1. The van der Waals surface area contributed by atoms with Gasteiger partial charge in [0.05, 0.1) is 7.11 Å². The second-order valence-corrected chi connectivity index (χ2v) is 6.43. The van der Waals surface area contributed by atoms with Gasteiger partial charge in [-0.3, -0.25) is 0 Å². The lowest BCUT2D eigenvalue weighted by atomic mass is 9.98. The number of halogens is 3. The second kappa shape index (κ2) is 7.50. The van der Waals surface area contributed by atoms with Crippen LogP contribution in [0.25, 0.3) is 0 Å². The van der Waals surface area contributed by atoms with Gasteiger partial charge in [-0.1, -0.05) is 51.3 Å². The van der Waals surface area contributed by atoms with Crippen LogP contribution in [0.3, 0.4) is 0 Å². The monoisotopic (exact) mass is 387 g/mol. The third kappa shape index (κ3) is 4.13. The number of ether oxygens (including phenoxy) is 1. The van der Waals surface area contributed by atoms with Crippen molar-refractivity contribution < 1.29 is 4.74 Å². The molecule has 0 bridgehead atoms. The van der Waals surface area contributed by atoms with Crippen LogP contribution in [-0.2, 0) is 6.42 Å². The largest absolute Gasteiger partial charge is 0.496 e. The van der Waals surface area contributed by atoms with Crippen molar-refractivity contribution in [1.29, 1.82) is 0 Å². The summed E-state index contributed by atoms with van der Waals surface area (Å²) in [5.74, 6) is 0.773. The van der Waals surface area contributed by atoms with E-state index in [4.69, 9.17) is 27.9 Å². The Bertz CT molecular complexity index is 634. The van der Waals surface area contributed by atoms with Crippen LogP contribution >= 0.6 is 39.1 Å². The van der Waals surface area contributed by atoms with Gasteiger partial charge in [0.2, 0.25) is 0 Å². The lowest BCUT2D eigenvalue weighted by molar-refractivity contribution is 0.401. The summed E-state index contributed by atoms with van der Waals surface area (Å²) in [7, 11) is 3.57. The molecule has 2 nitrogen and oxygen atoms in total. The molecule has 0 saturated heterocycles. The molecule has 1 atom stereocenters. The Morgan fingerprint density at radius 3 is 2.57 bits per heavy atom. The average molecular weight is 389 g/mol. The number of rotatable bonds is 5. The van der Waals surface area contributed by atoms with Crippen LogP contribution in [0.5, 0.6) is 5.75 Å². The lowest BCUT2D eigenvalue weighted by Gasteiger charge is -2.20. The minimum atomic E-state index is 0.0934. The molecule has 0 aliphatic rings. The van der Waals surface area contributed by atoms with Gasteiger partial charge in [-0.05, 0) is 43.3 Å². The highest BCUT2D eigenvalue weighted by atomic mass is 79.9. The summed E-state index contributed by atoms with van der Waals surface area (Å²) in [6, 6.07) is 11.7. The Kier molecular flexibility index (Phi) is 5.94. The molecule has 112 valence electrons. The van der Waals surface area contributed by atoms with Gasteiger partial charge < -0.3 is 10.1 Å². The standard InChI is InChI=1S/C16H16BrCl2NO/c1-20-15(7-10-3-4-11(17)8-14(10)19)13-6-5-12(18)9-16(13)21-2/h3-6,8-9,15,20H,7H2,1-2H3. The maximum Gasteiger partial charge on any atom is 0.125 e. The fraction of sp³-hybridized carbons (Fsp3) is 0.250. The molecule has 2 rings (SSSR count). The van der Waals surface area contributed by atoms with E-state index in [1.165, 1.54) is 0 Å². The first-order chi connectivity index (χ1) is 10.0. The van der Waals surface area contributed by atoms with Gasteiger partial charge >= 0.3 is 0 Å². The maximum atomic E-state index is 6.31. The van der Waals surface area contributed by atoms with Crippen LogP contribution in [0.4, 0.5) is 0 Å². The topological polar surface area (TPSA) is 21.3 Å². The number of benzene rings is 2. The van der Waals surface area contributed by atoms with Gasteiger partial charge in [-0.2, -0.15) is 0 Å². The molecular formula is C16H16BrCl2NO. The lowest BCUT2D eigenvalue weighted by Crippen LogP contribution is -2.19. The minimum absolute atomic E-state index is 0.0934. The maximum absolute atomic E-state index is 6.31. The van der Waals surface area contributed by atoms with Crippen molar-refractivity contribution in [3.63, 3.8) is 0 Å². The van der Waals surface area contributed by atoms with E-state index in [1.54, 1.807) is 7.11 Å². The Morgan fingerprint density at radius 1 is 1.19 bits per heavy atom. The number of hydrogen-bond acceptors (Lipinski definition) is 2.